The van der Waals surface area contributed by atoms with Crippen molar-refractivity contribution < 1.29 is 36.3 Å². The minimum Gasteiger partial charge on any atom is -0.444 e. The molecule has 0 radical (unpaired) electrons. The Morgan fingerprint density at radius 3 is 2.44 bits per heavy atom. The number of aryl methyl sites for hydroxylation is 1. The Labute approximate surface area is 193 Å². The lowest BCUT2D eigenvalue weighted by molar-refractivity contribution is -0.141. The summed E-state index contributed by atoms with van der Waals surface area (Å²) in [5.74, 6) is -1.23. The van der Waals surface area contributed by atoms with Crippen LogP contribution in [-0.2, 0) is 22.1 Å². The number of benzene rings is 1. The van der Waals surface area contributed by atoms with Gasteiger partial charge in [-0.25, -0.2) is 18.6 Å². The molecule has 1 fully saturated rings. The van der Waals surface area contributed by atoms with Crippen molar-refractivity contribution in [3.05, 3.63) is 47.7 Å². The lowest BCUT2D eigenvalue weighted by Gasteiger charge is -2.28. The van der Waals surface area contributed by atoms with Gasteiger partial charge in [-0.2, -0.15) is 13.2 Å². The summed E-state index contributed by atoms with van der Waals surface area (Å²) in [6.07, 6.45) is -5.64. The van der Waals surface area contributed by atoms with E-state index in [0.29, 0.717) is 11.8 Å². The highest BCUT2D eigenvalue weighted by Gasteiger charge is 2.43. The largest absolute Gasteiger partial charge is 0.444 e. The highest BCUT2D eigenvalue weighted by atomic mass is 19.4. The van der Waals surface area contributed by atoms with Crippen molar-refractivity contribution in [3.8, 4) is 11.3 Å². The minimum absolute atomic E-state index is 0.0168. The molecule has 0 N–H and O–H groups in total. The smallest absolute Gasteiger partial charge is 0.434 e. The third kappa shape index (κ3) is 6.06. The number of alkyl halides is 4. The molecule has 0 bridgehead atoms. The molecule has 2 aromatic rings. The molecule has 1 saturated heterocycles. The Morgan fingerprint density at radius 1 is 1.15 bits per heavy atom. The molecule has 184 valence electrons. The van der Waals surface area contributed by atoms with Crippen LogP contribution < -0.4 is 0 Å². The first kappa shape index (κ1) is 25.5. The number of Topliss-reactive ketones (excluding diaryl/α,β-unsaturated/α-hetero) is 1. The van der Waals surface area contributed by atoms with Gasteiger partial charge in [0, 0.05) is 18.5 Å². The average molecular weight is 485 g/mol. The topological polar surface area (TPSA) is 72.4 Å². The summed E-state index contributed by atoms with van der Waals surface area (Å²) >= 11 is 0. The summed E-state index contributed by atoms with van der Waals surface area (Å²) in [5, 5.41) is 0. The van der Waals surface area contributed by atoms with Gasteiger partial charge in [0.25, 0.3) is 0 Å². The van der Waals surface area contributed by atoms with E-state index in [4.69, 9.17) is 4.74 Å². The van der Waals surface area contributed by atoms with Crippen LogP contribution in [0.4, 0.5) is 26.7 Å². The molecule has 34 heavy (non-hydrogen) atoms. The highest BCUT2D eigenvalue weighted by Crippen LogP contribution is 2.29. The van der Waals surface area contributed by atoms with Crippen LogP contribution in [0.3, 0.4) is 0 Å². The Balaban J connectivity index is 1.71. The number of amides is 1. The van der Waals surface area contributed by atoms with Gasteiger partial charge in [0.1, 0.15) is 23.6 Å². The lowest BCUT2D eigenvalue weighted by atomic mass is 9.99. The van der Waals surface area contributed by atoms with E-state index in [1.54, 1.807) is 20.8 Å². The Bertz CT molecular complexity index is 1050. The average Bonchev–Trinajstić information content (AvgIpc) is 3.13. The van der Waals surface area contributed by atoms with E-state index in [-0.39, 0.29) is 37.1 Å². The maximum Gasteiger partial charge on any atom is 0.434 e. The first-order chi connectivity index (χ1) is 15.8. The monoisotopic (exact) mass is 485 g/mol. The van der Waals surface area contributed by atoms with Gasteiger partial charge in [-0.05, 0) is 51.3 Å². The molecule has 0 saturated carbocycles. The Hall–Kier alpha value is -3.11. The zero-order chi connectivity index (χ0) is 25.3. The molecule has 0 spiro atoms. The SMILES string of the molecule is CC(C)(C)OC(=O)N1CC[C@H](F)[C@H]1C(=O)CCc1ccc(F)c(-c2cnc(C(F)(F)F)cn2)c1. The van der Waals surface area contributed by atoms with Crippen molar-refractivity contribution in [2.75, 3.05) is 6.54 Å². The number of likely N-dealkylation sites (tertiary alicyclic amines) is 1. The van der Waals surface area contributed by atoms with E-state index in [9.17, 15) is 31.5 Å². The molecule has 1 aliphatic rings. The van der Waals surface area contributed by atoms with Crippen molar-refractivity contribution in [2.45, 2.75) is 64.0 Å². The number of hydrogen-bond acceptors (Lipinski definition) is 5. The fourth-order valence-corrected chi connectivity index (χ4v) is 3.61. The summed E-state index contributed by atoms with van der Waals surface area (Å²) < 4.78 is 72.1. The summed E-state index contributed by atoms with van der Waals surface area (Å²) in [4.78, 5) is 33.2. The van der Waals surface area contributed by atoms with Gasteiger partial charge >= 0.3 is 12.3 Å². The van der Waals surface area contributed by atoms with Gasteiger partial charge in [0.05, 0.1) is 18.1 Å². The van der Waals surface area contributed by atoms with Crippen LogP contribution in [0.15, 0.2) is 30.6 Å². The van der Waals surface area contributed by atoms with Crippen LogP contribution in [0.25, 0.3) is 11.3 Å². The van der Waals surface area contributed by atoms with E-state index in [1.165, 1.54) is 12.1 Å². The van der Waals surface area contributed by atoms with Gasteiger partial charge < -0.3 is 4.74 Å². The van der Waals surface area contributed by atoms with E-state index in [2.05, 4.69) is 9.97 Å². The molecular formula is C23H24F5N3O3. The maximum absolute atomic E-state index is 14.4. The van der Waals surface area contributed by atoms with Crippen LogP contribution in [-0.4, -0.2) is 51.1 Å². The summed E-state index contributed by atoms with van der Waals surface area (Å²) in [6.45, 7) is 5.05. The minimum atomic E-state index is -4.67. The number of rotatable bonds is 5. The normalized spacial score (nSPS) is 18.8. The lowest BCUT2D eigenvalue weighted by Crippen LogP contribution is -2.46. The van der Waals surface area contributed by atoms with E-state index < -0.39 is 47.4 Å². The van der Waals surface area contributed by atoms with Crippen molar-refractivity contribution >= 4 is 11.9 Å². The van der Waals surface area contributed by atoms with Crippen LogP contribution in [0.1, 0.15) is 44.9 Å². The van der Waals surface area contributed by atoms with Crippen LogP contribution in [0, 0.1) is 5.82 Å². The Morgan fingerprint density at radius 2 is 1.85 bits per heavy atom. The van der Waals surface area contributed by atoms with E-state index >= 15 is 0 Å². The third-order valence-electron chi connectivity index (χ3n) is 5.19. The van der Waals surface area contributed by atoms with Crippen LogP contribution in [0.5, 0.6) is 0 Å². The van der Waals surface area contributed by atoms with Gasteiger partial charge in [-0.1, -0.05) is 6.07 Å². The Kier molecular flexibility index (Phi) is 7.23. The number of hydrogen-bond donors (Lipinski definition) is 0. The predicted octanol–water partition coefficient (Wildman–Crippen LogP) is 5.15. The summed E-state index contributed by atoms with van der Waals surface area (Å²) in [6, 6.07) is 2.61. The van der Waals surface area contributed by atoms with Gasteiger partial charge in [0.15, 0.2) is 11.5 Å². The van der Waals surface area contributed by atoms with E-state index in [0.717, 1.165) is 17.2 Å². The van der Waals surface area contributed by atoms with Crippen molar-refractivity contribution in [2.24, 2.45) is 0 Å². The number of aromatic nitrogens is 2. The summed E-state index contributed by atoms with van der Waals surface area (Å²) in [7, 11) is 0. The molecule has 1 aromatic heterocycles. The standard InChI is InChI=1S/C23H24F5N3O3/c1-22(2,3)34-21(33)31-9-8-16(25)20(31)18(32)7-5-13-4-6-15(24)14(10-13)17-11-30-19(12-29-17)23(26,27)28/h4,6,10-12,16,20H,5,7-9H2,1-3H3/t16-,20-/m0/s1. The molecule has 0 aliphatic carbocycles. The quantitative estimate of drug-likeness (QED) is 0.548. The second-order valence-corrected chi connectivity index (χ2v) is 8.99. The zero-order valence-corrected chi connectivity index (χ0v) is 18.8. The molecule has 1 amide bonds. The molecule has 2 atom stereocenters. The maximum atomic E-state index is 14.4. The van der Waals surface area contributed by atoms with Crippen molar-refractivity contribution in [1.29, 1.82) is 0 Å². The van der Waals surface area contributed by atoms with Gasteiger partial charge in [-0.3, -0.25) is 14.7 Å². The number of halogens is 5. The molecule has 1 aromatic carbocycles. The highest BCUT2D eigenvalue weighted by molar-refractivity contribution is 5.89. The van der Waals surface area contributed by atoms with Crippen LogP contribution in [0.2, 0.25) is 0 Å². The van der Waals surface area contributed by atoms with Gasteiger partial charge in [0.2, 0.25) is 0 Å². The summed E-state index contributed by atoms with van der Waals surface area (Å²) in [5.41, 5.74) is -1.70. The van der Waals surface area contributed by atoms with Crippen molar-refractivity contribution in [3.63, 3.8) is 0 Å². The van der Waals surface area contributed by atoms with Crippen molar-refractivity contribution in [1.82, 2.24) is 14.9 Å². The molecule has 11 heteroatoms. The molecule has 1 aliphatic heterocycles. The number of ketones is 1. The zero-order valence-electron chi connectivity index (χ0n) is 18.8. The van der Waals surface area contributed by atoms with Crippen LogP contribution >= 0.6 is 0 Å². The molecular weight excluding hydrogens is 461 g/mol. The molecule has 6 nitrogen and oxygen atoms in total. The van der Waals surface area contributed by atoms with E-state index in [1.807, 2.05) is 0 Å². The number of carbonyl (C=O) groups is 2. The number of ether oxygens (including phenoxy) is 1. The molecule has 3 rings (SSSR count). The fourth-order valence-electron chi connectivity index (χ4n) is 3.61. The predicted molar refractivity (Wildman–Crippen MR) is 112 cm³/mol. The molecule has 0 unspecified atom stereocenters. The van der Waals surface area contributed by atoms with Gasteiger partial charge in [-0.15, -0.1) is 0 Å². The number of carbonyl (C=O) groups excluding carboxylic acids is 2. The number of nitrogens with zero attached hydrogens (tertiary/aromatic N) is 3. The first-order valence-corrected chi connectivity index (χ1v) is 10.6. The third-order valence-corrected chi connectivity index (χ3v) is 5.19. The second kappa shape index (κ2) is 9.63. The molecule has 2 heterocycles. The fraction of sp³-hybridized carbons (Fsp3) is 0.478. The first-order valence-electron chi connectivity index (χ1n) is 10.6. The second-order valence-electron chi connectivity index (χ2n) is 8.99.